The van der Waals surface area contributed by atoms with E-state index in [1.54, 1.807) is 0 Å². The molecule has 0 amide bonds. The van der Waals surface area contributed by atoms with Crippen LogP contribution < -0.4 is 10.6 Å². The van der Waals surface area contributed by atoms with Crippen molar-refractivity contribution in [3.63, 3.8) is 0 Å². The lowest BCUT2D eigenvalue weighted by molar-refractivity contribution is 0.329. The van der Waals surface area contributed by atoms with E-state index in [-0.39, 0.29) is 24.0 Å². The van der Waals surface area contributed by atoms with Gasteiger partial charge in [-0.05, 0) is 38.0 Å². The Hall–Kier alpha value is -0.860. The Bertz CT molecular complexity index is 495. The van der Waals surface area contributed by atoms with E-state index < -0.39 is 0 Å². The molecule has 24 heavy (non-hydrogen) atoms. The smallest absolute Gasteiger partial charge is 0.226 e. The number of aromatic nitrogens is 2. The van der Waals surface area contributed by atoms with Crippen LogP contribution in [-0.4, -0.2) is 35.7 Å². The number of aryl methyl sites for hydroxylation is 1. The summed E-state index contributed by atoms with van der Waals surface area (Å²) in [4.78, 5) is 8.71. The first-order chi connectivity index (χ1) is 11.1. The fourth-order valence-corrected chi connectivity index (χ4v) is 2.84. The van der Waals surface area contributed by atoms with Crippen molar-refractivity contribution in [1.82, 2.24) is 20.8 Å². The van der Waals surface area contributed by atoms with Crippen LogP contribution in [0.15, 0.2) is 9.52 Å². The molecule has 6 nitrogen and oxygen atoms in total. The van der Waals surface area contributed by atoms with Crippen LogP contribution in [0.3, 0.4) is 0 Å². The van der Waals surface area contributed by atoms with E-state index in [4.69, 9.17) is 4.52 Å². The molecule has 138 valence electrons. The lowest BCUT2D eigenvalue weighted by atomic mass is 9.87. The SMILES string of the molecule is CN=C(NCCCc1nc(C(C)C)no1)NC1CCC(C)CC1.I. The van der Waals surface area contributed by atoms with Gasteiger partial charge < -0.3 is 15.2 Å². The van der Waals surface area contributed by atoms with E-state index in [1.165, 1.54) is 25.7 Å². The van der Waals surface area contributed by atoms with Crippen molar-refractivity contribution in [3.05, 3.63) is 11.7 Å². The Morgan fingerprint density at radius 1 is 1.29 bits per heavy atom. The van der Waals surface area contributed by atoms with Crippen LogP contribution in [0.5, 0.6) is 0 Å². The van der Waals surface area contributed by atoms with Gasteiger partial charge in [0.25, 0.3) is 0 Å². The lowest BCUT2D eigenvalue weighted by Gasteiger charge is -2.28. The maximum absolute atomic E-state index is 5.26. The van der Waals surface area contributed by atoms with Crippen LogP contribution >= 0.6 is 24.0 Å². The fourth-order valence-electron chi connectivity index (χ4n) is 2.84. The zero-order valence-corrected chi connectivity index (χ0v) is 17.7. The third-order valence-corrected chi connectivity index (χ3v) is 4.44. The van der Waals surface area contributed by atoms with Crippen LogP contribution in [0.2, 0.25) is 0 Å². The molecule has 1 aliphatic rings. The Morgan fingerprint density at radius 2 is 2.00 bits per heavy atom. The zero-order valence-electron chi connectivity index (χ0n) is 15.3. The molecule has 1 aromatic rings. The molecule has 0 bridgehead atoms. The highest BCUT2D eigenvalue weighted by Crippen LogP contribution is 2.23. The second kappa shape index (κ2) is 10.9. The van der Waals surface area contributed by atoms with Crippen molar-refractivity contribution in [1.29, 1.82) is 0 Å². The molecule has 1 saturated carbocycles. The maximum Gasteiger partial charge on any atom is 0.226 e. The summed E-state index contributed by atoms with van der Waals surface area (Å²) in [5.74, 6) is 3.59. The van der Waals surface area contributed by atoms with Gasteiger partial charge in [-0.25, -0.2) is 0 Å². The molecule has 7 heteroatoms. The molecule has 0 spiro atoms. The van der Waals surface area contributed by atoms with Gasteiger partial charge in [-0.3, -0.25) is 4.99 Å². The van der Waals surface area contributed by atoms with Gasteiger partial charge in [0.2, 0.25) is 5.89 Å². The van der Waals surface area contributed by atoms with Gasteiger partial charge in [0, 0.05) is 32.0 Å². The first-order valence-electron chi connectivity index (χ1n) is 8.88. The van der Waals surface area contributed by atoms with Crippen LogP contribution in [0.25, 0.3) is 0 Å². The molecule has 0 aliphatic heterocycles. The van der Waals surface area contributed by atoms with E-state index in [0.29, 0.717) is 12.0 Å². The predicted molar refractivity (Wildman–Crippen MR) is 108 cm³/mol. The second-order valence-electron chi connectivity index (χ2n) is 6.90. The number of guanidine groups is 1. The Kier molecular flexibility index (Phi) is 9.61. The molecule has 1 fully saturated rings. The maximum atomic E-state index is 5.26. The van der Waals surface area contributed by atoms with Crippen molar-refractivity contribution in [3.8, 4) is 0 Å². The zero-order chi connectivity index (χ0) is 16.7. The first kappa shape index (κ1) is 21.2. The van der Waals surface area contributed by atoms with Gasteiger partial charge in [-0.2, -0.15) is 4.98 Å². The summed E-state index contributed by atoms with van der Waals surface area (Å²) in [6.07, 6.45) is 6.84. The van der Waals surface area contributed by atoms with Crippen molar-refractivity contribution in [2.24, 2.45) is 10.9 Å². The number of aliphatic imine (C=N–C) groups is 1. The number of nitrogens with one attached hydrogen (secondary N) is 2. The predicted octanol–water partition coefficient (Wildman–Crippen LogP) is 3.49. The standard InChI is InChI=1S/C17H31N5O.HI/c1-12(2)16-21-15(23-22-16)6-5-11-19-17(18-4)20-14-9-7-13(3)8-10-14;/h12-14H,5-11H2,1-4H3,(H2,18,19,20);1H. The van der Waals surface area contributed by atoms with E-state index >= 15 is 0 Å². The van der Waals surface area contributed by atoms with Crippen LogP contribution in [-0.2, 0) is 6.42 Å². The molecule has 0 saturated heterocycles. The van der Waals surface area contributed by atoms with E-state index in [1.807, 2.05) is 7.05 Å². The fraction of sp³-hybridized carbons (Fsp3) is 0.824. The summed E-state index contributed by atoms with van der Waals surface area (Å²) < 4.78 is 5.26. The third-order valence-electron chi connectivity index (χ3n) is 4.44. The highest BCUT2D eigenvalue weighted by atomic mass is 127. The number of rotatable bonds is 6. The quantitative estimate of drug-likeness (QED) is 0.301. The number of nitrogens with zero attached hydrogens (tertiary/aromatic N) is 3. The molecule has 2 N–H and O–H groups in total. The normalized spacial score (nSPS) is 21.5. The minimum Gasteiger partial charge on any atom is -0.356 e. The van der Waals surface area contributed by atoms with Gasteiger partial charge in [-0.15, -0.1) is 24.0 Å². The van der Waals surface area contributed by atoms with Crippen molar-refractivity contribution in [2.45, 2.75) is 71.3 Å². The van der Waals surface area contributed by atoms with Crippen LogP contribution in [0.4, 0.5) is 0 Å². The third kappa shape index (κ3) is 6.94. The second-order valence-corrected chi connectivity index (χ2v) is 6.90. The number of hydrogen-bond donors (Lipinski definition) is 2. The van der Waals surface area contributed by atoms with Gasteiger partial charge in [0.05, 0.1) is 0 Å². The highest BCUT2D eigenvalue weighted by molar-refractivity contribution is 14.0. The molecular formula is C17H32IN5O. The first-order valence-corrected chi connectivity index (χ1v) is 8.88. The number of hydrogen-bond acceptors (Lipinski definition) is 4. The van der Waals surface area contributed by atoms with Crippen molar-refractivity contribution in [2.75, 3.05) is 13.6 Å². The minimum atomic E-state index is 0. The Balaban J connectivity index is 0.00000288. The summed E-state index contributed by atoms with van der Waals surface area (Å²) in [6, 6.07) is 0.557. The van der Waals surface area contributed by atoms with Crippen LogP contribution in [0, 0.1) is 5.92 Å². The van der Waals surface area contributed by atoms with E-state index in [2.05, 4.69) is 46.5 Å². The topological polar surface area (TPSA) is 75.3 Å². The summed E-state index contributed by atoms with van der Waals surface area (Å²) in [5, 5.41) is 10.9. The summed E-state index contributed by atoms with van der Waals surface area (Å²) >= 11 is 0. The van der Waals surface area contributed by atoms with Gasteiger partial charge in [-0.1, -0.05) is 25.9 Å². The summed E-state index contributed by atoms with van der Waals surface area (Å²) in [5.41, 5.74) is 0. The monoisotopic (exact) mass is 449 g/mol. The van der Waals surface area contributed by atoms with Gasteiger partial charge >= 0.3 is 0 Å². The average Bonchev–Trinajstić information content (AvgIpc) is 3.01. The molecule has 0 radical (unpaired) electrons. The molecule has 0 unspecified atom stereocenters. The van der Waals surface area contributed by atoms with Crippen molar-refractivity contribution < 1.29 is 4.52 Å². The van der Waals surface area contributed by atoms with Gasteiger partial charge in [0.1, 0.15) is 0 Å². The molecule has 1 heterocycles. The number of halogens is 1. The molecule has 1 aromatic heterocycles. The minimum absolute atomic E-state index is 0. The molecule has 1 aliphatic carbocycles. The Labute approximate surface area is 162 Å². The largest absolute Gasteiger partial charge is 0.356 e. The Morgan fingerprint density at radius 3 is 2.58 bits per heavy atom. The molecule has 0 atom stereocenters. The summed E-state index contributed by atoms with van der Waals surface area (Å²) in [7, 11) is 1.83. The van der Waals surface area contributed by atoms with Crippen molar-refractivity contribution >= 4 is 29.9 Å². The van der Waals surface area contributed by atoms with Gasteiger partial charge in [0.15, 0.2) is 11.8 Å². The average molecular weight is 449 g/mol. The molecule has 0 aromatic carbocycles. The lowest BCUT2D eigenvalue weighted by Crippen LogP contribution is -2.45. The summed E-state index contributed by atoms with van der Waals surface area (Å²) in [6.45, 7) is 7.32. The highest BCUT2D eigenvalue weighted by Gasteiger charge is 2.18. The molecular weight excluding hydrogens is 417 g/mol. The molecule has 2 rings (SSSR count). The van der Waals surface area contributed by atoms with E-state index in [9.17, 15) is 0 Å². The van der Waals surface area contributed by atoms with E-state index in [0.717, 1.165) is 43.0 Å². The van der Waals surface area contributed by atoms with Crippen LogP contribution in [0.1, 0.15) is 70.5 Å².